The Morgan fingerprint density at radius 1 is 1.32 bits per heavy atom. The van der Waals surface area contributed by atoms with Crippen molar-refractivity contribution < 1.29 is 0 Å². The van der Waals surface area contributed by atoms with Crippen molar-refractivity contribution in [2.75, 3.05) is 18.0 Å². The zero-order valence-corrected chi connectivity index (χ0v) is 12.6. The van der Waals surface area contributed by atoms with Gasteiger partial charge < -0.3 is 10.2 Å². The van der Waals surface area contributed by atoms with Gasteiger partial charge in [0.1, 0.15) is 0 Å². The molecule has 2 fully saturated rings. The van der Waals surface area contributed by atoms with Gasteiger partial charge in [0, 0.05) is 42.4 Å². The van der Waals surface area contributed by atoms with Crippen LogP contribution in [0.15, 0.2) is 18.5 Å². The maximum Gasteiger partial charge on any atom is 0.0599 e. The van der Waals surface area contributed by atoms with Gasteiger partial charge in [-0.15, -0.1) is 0 Å². The SMILES string of the molecule is CC1CN(c2cnccc2CNC2CC2)CC(C)S1. The molecule has 1 saturated heterocycles. The average Bonchev–Trinajstić information content (AvgIpc) is 3.19. The number of aromatic nitrogens is 1. The van der Waals surface area contributed by atoms with Gasteiger partial charge in [-0.05, 0) is 24.5 Å². The van der Waals surface area contributed by atoms with Crippen LogP contribution in [0, 0.1) is 0 Å². The minimum Gasteiger partial charge on any atom is -0.368 e. The largest absolute Gasteiger partial charge is 0.368 e. The lowest BCUT2D eigenvalue weighted by atomic mass is 10.2. The van der Waals surface area contributed by atoms with Crippen molar-refractivity contribution >= 4 is 17.4 Å². The smallest absolute Gasteiger partial charge is 0.0599 e. The Kier molecular flexibility index (Phi) is 3.99. The monoisotopic (exact) mass is 277 g/mol. The highest BCUT2D eigenvalue weighted by Crippen LogP contribution is 2.30. The van der Waals surface area contributed by atoms with Gasteiger partial charge in [0.25, 0.3) is 0 Å². The number of anilines is 1. The summed E-state index contributed by atoms with van der Waals surface area (Å²) in [6, 6.07) is 2.93. The molecule has 1 saturated carbocycles. The molecule has 1 N–H and O–H groups in total. The first-order valence-electron chi connectivity index (χ1n) is 7.29. The van der Waals surface area contributed by atoms with Gasteiger partial charge in [-0.3, -0.25) is 4.98 Å². The number of rotatable bonds is 4. The fourth-order valence-electron chi connectivity index (χ4n) is 2.77. The van der Waals surface area contributed by atoms with Crippen molar-refractivity contribution in [1.82, 2.24) is 10.3 Å². The highest BCUT2D eigenvalue weighted by molar-refractivity contribution is 8.00. The predicted octanol–water partition coefficient (Wildman–Crippen LogP) is 2.66. The van der Waals surface area contributed by atoms with Crippen LogP contribution in [0.4, 0.5) is 5.69 Å². The van der Waals surface area contributed by atoms with Gasteiger partial charge in [-0.25, -0.2) is 0 Å². The lowest BCUT2D eigenvalue weighted by Gasteiger charge is -2.37. The van der Waals surface area contributed by atoms with E-state index in [2.05, 4.69) is 46.9 Å². The summed E-state index contributed by atoms with van der Waals surface area (Å²) in [7, 11) is 0. The molecule has 3 rings (SSSR count). The molecule has 2 heterocycles. The van der Waals surface area contributed by atoms with E-state index in [1.54, 1.807) is 0 Å². The van der Waals surface area contributed by atoms with Crippen LogP contribution >= 0.6 is 11.8 Å². The molecule has 1 aromatic rings. The van der Waals surface area contributed by atoms with Crippen molar-refractivity contribution in [3.63, 3.8) is 0 Å². The molecule has 2 atom stereocenters. The number of nitrogens with zero attached hydrogens (tertiary/aromatic N) is 2. The minimum atomic E-state index is 0.702. The number of hydrogen-bond acceptors (Lipinski definition) is 4. The summed E-state index contributed by atoms with van der Waals surface area (Å²) < 4.78 is 0. The molecular weight excluding hydrogens is 254 g/mol. The third-order valence-electron chi connectivity index (χ3n) is 3.81. The molecule has 1 aliphatic heterocycles. The third-order valence-corrected chi connectivity index (χ3v) is 5.03. The summed E-state index contributed by atoms with van der Waals surface area (Å²) in [4.78, 5) is 6.85. The Morgan fingerprint density at radius 3 is 2.74 bits per heavy atom. The van der Waals surface area contributed by atoms with Crippen molar-refractivity contribution in [3.8, 4) is 0 Å². The summed E-state index contributed by atoms with van der Waals surface area (Å²) in [6.45, 7) is 7.90. The molecular formula is C15H23N3S. The van der Waals surface area contributed by atoms with Crippen LogP contribution in [0.25, 0.3) is 0 Å². The number of nitrogens with one attached hydrogen (secondary N) is 1. The molecule has 4 heteroatoms. The van der Waals surface area contributed by atoms with Crippen LogP contribution in [0.3, 0.4) is 0 Å². The van der Waals surface area contributed by atoms with Crippen LogP contribution in [0.2, 0.25) is 0 Å². The maximum absolute atomic E-state index is 4.34. The van der Waals surface area contributed by atoms with Crippen LogP contribution in [0.5, 0.6) is 0 Å². The molecule has 0 bridgehead atoms. The van der Waals surface area contributed by atoms with E-state index in [0.29, 0.717) is 10.5 Å². The van der Waals surface area contributed by atoms with Gasteiger partial charge >= 0.3 is 0 Å². The van der Waals surface area contributed by atoms with E-state index < -0.39 is 0 Å². The maximum atomic E-state index is 4.34. The second-order valence-electron chi connectivity index (χ2n) is 5.82. The molecule has 0 aromatic carbocycles. The minimum absolute atomic E-state index is 0.702. The Hall–Kier alpha value is -0.740. The number of thioether (sulfide) groups is 1. The summed E-state index contributed by atoms with van der Waals surface area (Å²) in [5.41, 5.74) is 2.72. The van der Waals surface area contributed by atoms with E-state index in [4.69, 9.17) is 0 Å². The van der Waals surface area contributed by atoms with E-state index >= 15 is 0 Å². The van der Waals surface area contributed by atoms with E-state index in [1.807, 2.05) is 12.4 Å². The number of pyridine rings is 1. The van der Waals surface area contributed by atoms with E-state index in [-0.39, 0.29) is 0 Å². The molecule has 19 heavy (non-hydrogen) atoms. The molecule has 1 aromatic heterocycles. The van der Waals surface area contributed by atoms with E-state index in [0.717, 1.165) is 25.7 Å². The highest BCUT2D eigenvalue weighted by Gasteiger charge is 2.25. The second-order valence-corrected chi connectivity index (χ2v) is 7.70. The second kappa shape index (κ2) is 5.71. The van der Waals surface area contributed by atoms with Crippen LogP contribution in [-0.2, 0) is 6.54 Å². The summed E-state index contributed by atoms with van der Waals surface area (Å²) in [6.07, 6.45) is 6.64. The summed E-state index contributed by atoms with van der Waals surface area (Å²) >= 11 is 2.10. The topological polar surface area (TPSA) is 28.2 Å². The lowest BCUT2D eigenvalue weighted by Crippen LogP contribution is -2.41. The molecule has 1 aliphatic carbocycles. The van der Waals surface area contributed by atoms with Crippen molar-refractivity contribution in [1.29, 1.82) is 0 Å². The number of hydrogen-bond donors (Lipinski definition) is 1. The lowest BCUT2D eigenvalue weighted by molar-refractivity contribution is 0.674. The molecule has 104 valence electrons. The summed E-state index contributed by atoms with van der Waals surface area (Å²) in [5, 5.41) is 5.02. The Morgan fingerprint density at radius 2 is 2.05 bits per heavy atom. The van der Waals surface area contributed by atoms with Crippen LogP contribution in [0.1, 0.15) is 32.3 Å². The molecule has 0 amide bonds. The normalized spacial score (nSPS) is 27.6. The first kappa shape index (κ1) is 13.3. The quantitative estimate of drug-likeness (QED) is 0.916. The first-order chi connectivity index (χ1) is 9.22. The Balaban J connectivity index is 1.74. The van der Waals surface area contributed by atoms with Gasteiger partial charge in [0.05, 0.1) is 11.9 Å². The van der Waals surface area contributed by atoms with Gasteiger partial charge in [-0.2, -0.15) is 11.8 Å². The zero-order chi connectivity index (χ0) is 13.2. The van der Waals surface area contributed by atoms with E-state index in [1.165, 1.54) is 24.1 Å². The average molecular weight is 277 g/mol. The Bertz CT molecular complexity index is 423. The summed E-state index contributed by atoms with van der Waals surface area (Å²) in [5.74, 6) is 0. The fraction of sp³-hybridized carbons (Fsp3) is 0.667. The molecule has 0 spiro atoms. The van der Waals surface area contributed by atoms with Crippen LogP contribution < -0.4 is 10.2 Å². The molecule has 3 nitrogen and oxygen atoms in total. The van der Waals surface area contributed by atoms with Crippen molar-refractivity contribution in [2.45, 2.75) is 49.8 Å². The molecule has 2 aliphatic rings. The Labute approximate surface area is 120 Å². The van der Waals surface area contributed by atoms with Crippen molar-refractivity contribution in [3.05, 3.63) is 24.0 Å². The standard InChI is InChI=1S/C15H23N3S/c1-11-9-18(10-12(2)19-11)15-8-16-6-5-13(15)7-17-14-3-4-14/h5-6,8,11-12,14,17H,3-4,7,9-10H2,1-2H3. The van der Waals surface area contributed by atoms with Crippen LogP contribution in [-0.4, -0.2) is 34.6 Å². The van der Waals surface area contributed by atoms with Crippen molar-refractivity contribution in [2.24, 2.45) is 0 Å². The molecule has 2 unspecified atom stereocenters. The first-order valence-corrected chi connectivity index (χ1v) is 8.23. The third kappa shape index (κ3) is 3.42. The highest BCUT2D eigenvalue weighted by atomic mass is 32.2. The zero-order valence-electron chi connectivity index (χ0n) is 11.8. The van der Waals surface area contributed by atoms with Gasteiger partial charge in [0.15, 0.2) is 0 Å². The fourth-order valence-corrected chi connectivity index (χ4v) is 4.09. The van der Waals surface area contributed by atoms with Gasteiger partial charge in [0.2, 0.25) is 0 Å². The van der Waals surface area contributed by atoms with E-state index in [9.17, 15) is 0 Å². The van der Waals surface area contributed by atoms with Gasteiger partial charge in [-0.1, -0.05) is 13.8 Å². The molecule has 0 radical (unpaired) electrons. The predicted molar refractivity (Wildman–Crippen MR) is 82.8 cm³/mol.